The number of piperazine rings is 1. The van der Waals surface area contributed by atoms with Crippen LogP contribution >= 0.6 is 0 Å². The maximum absolute atomic E-state index is 13.4. The molecule has 3 aromatic carbocycles. The van der Waals surface area contributed by atoms with E-state index in [0.29, 0.717) is 47.0 Å². The van der Waals surface area contributed by atoms with Crippen LogP contribution in [0.15, 0.2) is 78.9 Å². The van der Waals surface area contributed by atoms with Crippen LogP contribution in [0.25, 0.3) is 6.08 Å². The highest BCUT2D eigenvalue weighted by Gasteiger charge is 2.23. The van der Waals surface area contributed by atoms with E-state index >= 15 is 0 Å². The largest absolute Gasteiger partial charge is 0.457 e. The maximum Gasteiger partial charge on any atom is 0.251 e. The summed E-state index contributed by atoms with van der Waals surface area (Å²) in [6.45, 7) is 4.32. The van der Waals surface area contributed by atoms with Gasteiger partial charge in [0.15, 0.2) is 0 Å². The van der Waals surface area contributed by atoms with Crippen molar-refractivity contribution in [3.63, 3.8) is 0 Å². The van der Waals surface area contributed by atoms with Crippen LogP contribution in [0.5, 0.6) is 11.5 Å². The van der Waals surface area contributed by atoms with Gasteiger partial charge in [-0.05, 0) is 66.6 Å². The lowest BCUT2D eigenvalue weighted by molar-refractivity contribution is -0.131. The molecule has 8 nitrogen and oxygen atoms in total. The van der Waals surface area contributed by atoms with Crippen LogP contribution in [-0.2, 0) is 9.59 Å². The number of nitrogens with zero attached hydrogens (tertiary/aromatic N) is 2. The van der Waals surface area contributed by atoms with E-state index in [9.17, 15) is 14.4 Å². The molecule has 3 N–H and O–H groups in total. The van der Waals surface area contributed by atoms with Crippen LogP contribution in [0, 0.1) is 6.92 Å². The summed E-state index contributed by atoms with van der Waals surface area (Å²) in [4.78, 5) is 41.3. The Morgan fingerprint density at radius 1 is 0.946 bits per heavy atom. The molecule has 0 aliphatic carbocycles. The highest BCUT2D eigenvalue weighted by Crippen LogP contribution is 2.25. The molecule has 8 heteroatoms. The van der Waals surface area contributed by atoms with Gasteiger partial charge in [-0.1, -0.05) is 30.3 Å². The first-order chi connectivity index (χ1) is 17.9. The summed E-state index contributed by atoms with van der Waals surface area (Å²) in [7, 11) is 0. The molecule has 37 heavy (non-hydrogen) atoms. The number of benzene rings is 3. The van der Waals surface area contributed by atoms with Crippen molar-refractivity contribution in [3.8, 4) is 11.5 Å². The SMILES string of the molecule is Cc1c(C=CC(=O)N(CC(=O)N2CCNCC2)c2ccc(Oc3ccccc3)cc2)cccc1C(N)=O. The summed E-state index contributed by atoms with van der Waals surface area (Å²) in [5.41, 5.74) is 7.81. The molecule has 0 saturated carbocycles. The molecule has 1 heterocycles. The van der Waals surface area contributed by atoms with Gasteiger partial charge in [0, 0.05) is 43.5 Å². The second-order valence-electron chi connectivity index (χ2n) is 8.68. The van der Waals surface area contributed by atoms with E-state index in [0.717, 1.165) is 13.1 Å². The normalized spacial score (nSPS) is 13.4. The Hall–Kier alpha value is -4.43. The standard InChI is InChI=1S/C29H30N4O4/c1-21-22(6-5-9-26(21)29(30)36)10-15-27(34)33(20-28(35)32-18-16-31-17-19-32)23-11-13-25(14-12-23)37-24-7-3-2-4-8-24/h2-15,31H,16-20H2,1H3,(H2,30,36). The first-order valence-corrected chi connectivity index (χ1v) is 12.1. The number of nitrogens with one attached hydrogen (secondary N) is 1. The predicted molar refractivity (Wildman–Crippen MR) is 143 cm³/mol. The summed E-state index contributed by atoms with van der Waals surface area (Å²) in [5.74, 6) is 0.308. The van der Waals surface area contributed by atoms with Gasteiger partial charge in [0.2, 0.25) is 11.8 Å². The zero-order valence-electron chi connectivity index (χ0n) is 20.7. The lowest BCUT2D eigenvalue weighted by atomic mass is 10.0. The van der Waals surface area contributed by atoms with Crippen LogP contribution < -0.4 is 20.7 Å². The van der Waals surface area contributed by atoms with Gasteiger partial charge in [-0.25, -0.2) is 0 Å². The van der Waals surface area contributed by atoms with Crippen LogP contribution in [0.2, 0.25) is 0 Å². The Kier molecular flexibility index (Phi) is 8.33. The third-order valence-electron chi connectivity index (χ3n) is 6.20. The fraction of sp³-hybridized carbons (Fsp3) is 0.207. The Balaban J connectivity index is 1.57. The number of carbonyl (C=O) groups excluding carboxylic acids is 3. The van der Waals surface area contributed by atoms with Gasteiger partial charge < -0.3 is 20.7 Å². The Morgan fingerprint density at radius 2 is 1.62 bits per heavy atom. The van der Waals surface area contributed by atoms with Crippen LogP contribution in [0.3, 0.4) is 0 Å². The van der Waals surface area contributed by atoms with Crippen molar-refractivity contribution in [3.05, 3.63) is 95.6 Å². The number of hydrogen-bond donors (Lipinski definition) is 2. The molecule has 1 saturated heterocycles. The fourth-order valence-electron chi connectivity index (χ4n) is 4.12. The first-order valence-electron chi connectivity index (χ1n) is 12.1. The van der Waals surface area contributed by atoms with E-state index in [1.54, 1.807) is 60.4 Å². The maximum atomic E-state index is 13.4. The third-order valence-corrected chi connectivity index (χ3v) is 6.20. The number of nitrogens with two attached hydrogens (primary N) is 1. The van der Waals surface area contributed by atoms with E-state index in [1.165, 1.54) is 11.0 Å². The number of hydrogen-bond acceptors (Lipinski definition) is 5. The zero-order valence-corrected chi connectivity index (χ0v) is 20.7. The molecule has 0 unspecified atom stereocenters. The molecule has 3 amide bonds. The number of ether oxygens (including phenoxy) is 1. The Labute approximate surface area is 216 Å². The summed E-state index contributed by atoms with van der Waals surface area (Å²) in [5, 5.41) is 3.23. The summed E-state index contributed by atoms with van der Waals surface area (Å²) < 4.78 is 5.86. The van der Waals surface area contributed by atoms with Gasteiger partial charge in [0.25, 0.3) is 5.91 Å². The molecule has 1 fully saturated rings. The molecule has 4 rings (SSSR count). The fourth-order valence-corrected chi connectivity index (χ4v) is 4.12. The van der Waals surface area contributed by atoms with Crippen LogP contribution in [-0.4, -0.2) is 55.3 Å². The van der Waals surface area contributed by atoms with Crippen molar-refractivity contribution >= 4 is 29.5 Å². The van der Waals surface area contributed by atoms with E-state index in [-0.39, 0.29) is 18.4 Å². The Morgan fingerprint density at radius 3 is 2.30 bits per heavy atom. The average molecular weight is 499 g/mol. The molecule has 0 spiro atoms. The summed E-state index contributed by atoms with van der Waals surface area (Å²) >= 11 is 0. The predicted octanol–water partition coefficient (Wildman–Crippen LogP) is 3.36. The van der Waals surface area contributed by atoms with Gasteiger partial charge in [0.05, 0.1) is 0 Å². The van der Waals surface area contributed by atoms with Gasteiger partial charge in [-0.2, -0.15) is 0 Å². The zero-order chi connectivity index (χ0) is 26.2. The van der Waals surface area contributed by atoms with Crippen molar-refractivity contribution in [2.75, 3.05) is 37.6 Å². The first kappa shape index (κ1) is 25.7. The van der Waals surface area contributed by atoms with Crippen molar-refractivity contribution in [1.82, 2.24) is 10.2 Å². The van der Waals surface area contributed by atoms with Crippen LogP contribution in [0.4, 0.5) is 5.69 Å². The molecule has 3 aromatic rings. The molecular weight excluding hydrogens is 468 g/mol. The smallest absolute Gasteiger partial charge is 0.251 e. The van der Waals surface area contributed by atoms with Crippen molar-refractivity contribution in [2.45, 2.75) is 6.92 Å². The average Bonchev–Trinajstić information content (AvgIpc) is 2.92. The van der Waals surface area contributed by atoms with Gasteiger partial charge in [-0.15, -0.1) is 0 Å². The molecule has 0 bridgehead atoms. The minimum Gasteiger partial charge on any atom is -0.457 e. The van der Waals surface area contributed by atoms with Crippen LogP contribution in [0.1, 0.15) is 21.5 Å². The van der Waals surface area contributed by atoms with E-state index in [2.05, 4.69) is 5.32 Å². The topological polar surface area (TPSA) is 105 Å². The quantitative estimate of drug-likeness (QED) is 0.464. The lowest BCUT2D eigenvalue weighted by Gasteiger charge is -2.30. The van der Waals surface area contributed by atoms with E-state index in [1.807, 2.05) is 30.3 Å². The van der Waals surface area contributed by atoms with E-state index in [4.69, 9.17) is 10.5 Å². The van der Waals surface area contributed by atoms with Crippen molar-refractivity contribution in [2.24, 2.45) is 5.73 Å². The molecule has 0 aromatic heterocycles. The highest BCUT2D eigenvalue weighted by atomic mass is 16.5. The molecule has 190 valence electrons. The Bertz CT molecular complexity index is 1280. The number of carbonyl (C=O) groups is 3. The van der Waals surface area contributed by atoms with Gasteiger partial charge >= 0.3 is 0 Å². The second-order valence-corrected chi connectivity index (χ2v) is 8.68. The van der Waals surface area contributed by atoms with E-state index < -0.39 is 5.91 Å². The monoisotopic (exact) mass is 498 g/mol. The number of primary amides is 1. The molecule has 0 radical (unpaired) electrons. The summed E-state index contributed by atoms with van der Waals surface area (Å²) in [6.07, 6.45) is 3.05. The highest BCUT2D eigenvalue weighted by molar-refractivity contribution is 6.07. The third kappa shape index (κ3) is 6.62. The minimum atomic E-state index is -0.528. The van der Waals surface area contributed by atoms with Gasteiger partial charge in [0.1, 0.15) is 18.0 Å². The minimum absolute atomic E-state index is 0.0949. The molecule has 1 aliphatic heterocycles. The number of amides is 3. The molecular formula is C29H30N4O4. The van der Waals surface area contributed by atoms with Crippen molar-refractivity contribution < 1.29 is 19.1 Å². The summed E-state index contributed by atoms with van der Waals surface area (Å²) in [6, 6.07) is 21.6. The number of anilines is 1. The van der Waals surface area contributed by atoms with Gasteiger partial charge in [-0.3, -0.25) is 19.3 Å². The molecule has 1 aliphatic rings. The second kappa shape index (κ2) is 12.0. The number of rotatable bonds is 8. The van der Waals surface area contributed by atoms with Crippen molar-refractivity contribution in [1.29, 1.82) is 0 Å². The number of para-hydroxylation sites is 1. The molecule has 0 atom stereocenters. The lowest BCUT2D eigenvalue weighted by Crippen LogP contribution is -2.50.